The summed E-state index contributed by atoms with van der Waals surface area (Å²) in [5.41, 5.74) is 1.42. The number of phenolic OH excluding ortho intramolecular Hbond substituents is 1. The van der Waals surface area contributed by atoms with Crippen LogP contribution < -0.4 is 15.3 Å². The molecule has 124 valence electrons. The molecule has 0 spiro atoms. The molecule has 6 heteroatoms. The molecule has 1 saturated heterocycles. The number of hydrogen-bond acceptors (Lipinski definition) is 6. The van der Waals surface area contributed by atoms with E-state index >= 15 is 0 Å². The molecular weight excluding hydrogens is 296 g/mol. The molecule has 2 heterocycles. The molecule has 1 aromatic heterocycles. The van der Waals surface area contributed by atoms with Gasteiger partial charge >= 0.3 is 5.63 Å². The zero-order valence-corrected chi connectivity index (χ0v) is 13.8. The average molecular weight is 318 g/mol. The Morgan fingerprint density at radius 1 is 1.26 bits per heavy atom. The van der Waals surface area contributed by atoms with Gasteiger partial charge in [-0.05, 0) is 26.5 Å². The fourth-order valence-electron chi connectivity index (χ4n) is 3.11. The second-order valence-electron chi connectivity index (χ2n) is 5.90. The Bertz CT molecular complexity index is 776. The fourth-order valence-corrected chi connectivity index (χ4v) is 3.11. The minimum absolute atomic E-state index is 0.0239. The van der Waals surface area contributed by atoms with Crippen LogP contribution in [0.2, 0.25) is 0 Å². The van der Waals surface area contributed by atoms with Gasteiger partial charge < -0.3 is 24.1 Å². The molecule has 1 aromatic carbocycles. The van der Waals surface area contributed by atoms with Crippen LogP contribution in [0, 0.1) is 6.92 Å². The number of fused-ring (bicyclic) bond motifs is 1. The summed E-state index contributed by atoms with van der Waals surface area (Å²) in [6, 6.07) is 3.02. The lowest BCUT2D eigenvalue weighted by molar-refractivity contribution is 0.311. The van der Waals surface area contributed by atoms with E-state index in [2.05, 4.69) is 16.8 Å². The van der Waals surface area contributed by atoms with Gasteiger partial charge in [0.05, 0.1) is 12.0 Å². The monoisotopic (exact) mass is 318 g/mol. The van der Waals surface area contributed by atoms with Crippen molar-refractivity contribution in [1.29, 1.82) is 0 Å². The number of ether oxygens (including phenoxy) is 1. The molecule has 3 rings (SSSR count). The first-order chi connectivity index (χ1) is 11.0. The van der Waals surface area contributed by atoms with Crippen LogP contribution >= 0.6 is 0 Å². The third-order valence-electron chi connectivity index (χ3n) is 4.30. The topological polar surface area (TPSA) is 66.2 Å². The Kier molecular flexibility index (Phi) is 4.17. The molecule has 0 bridgehead atoms. The molecule has 1 aliphatic heterocycles. The summed E-state index contributed by atoms with van der Waals surface area (Å²) in [7, 11) is 2.07. The van der Waals surface area contributed by atoms with Crippen molar-refractivity contribution in [3.05, 3.63) is 28.1 Å². The number of rotatable bonds is 3. The predicted octanol–water partition coefficient (Wildman–Crippen LogP) is 1.96. The number of phenols is 1. The molecule has 0 amide bonds. The zero-order chi connectivity index (χ0) is 16.6. The highest BCUT2D eigenvalue weighted by molar-refractivity contribution is 5.91. The second kappa shape index (κ2) is 6.12. The molecule has 23 heavy (non-hydrogen) atoms. The first-order valence-electron chi connectivity index (χ1n) is 7.88. The van der Waals surface area contributed by atoms with E-state index in [1.54, 1.807) is 6.07 Å². The van der Waals surface area contributed by atoms with Crippen molar-refractivity contribution in [2.24, 2.45) is 0 Å². The molecule has 6 nitrogen and oxygen atoms in total. The van der Waals surface area contributed by atoms with Crippen molar-refractivity contribution >= 4 is 16.7 Å². The Morgan fingerprint density at radius 2 is 1.96 bits per heavy atom. The first-order valence-corrected chi connectivity index (χ1v) is 7.88. The van der Waals surface area contributed by atoms with E-state index in [0.29, 0.717) is 23.6 Å². The van der Waals surface area contributed by atoms with Crippen LogP contribution in [0.5, 0.6) is 11.5 Å². The van der Waals surface area contributed by atoms with Crippen LogP contribution in [-0.4, -0.2) is 49.8 Å². The van der Waals surface area contributed by atoms with Crippen LogP contribution in [0.4, 0.5) is 5.69 Å². The summed E-state index contributed by atoms with van der Waals surface area (Å²) in [4.78, 5) is 16.8. The van der Waals surface area contributed by atoms with Crippen LogP contribution in [-0.2, 0) is 0 Å². The number of aryl methyl sites for hydroxylation is 1. The van der Waals surface area contributed by atoms with E-state index in [4.69, 9.17) is 9.15 Å². The minimum atomic E-state index is -0.368. The van der Waals surface area contributed by atoms with Gasteiger partial charge in [-0.2, -0.15) is 0 Å². The molecule has 1 N–H and O–H groups in total. The smallest absolute Gasteiger partial charge is 0.360 e. The minimum Gasteiger partial charge on any atom is -0.508 e. The average Bonchev–Trinajstić information content (AvgIpc) is 2.48. The van der Waals surface area contributed by atoms with Crippen LogP contribution in [0.1, 0.15) is 12.5 Å². The highest BCUT2D eigenvalue weighted by atomic mass is 16.5. The van der Waals surface area contributed by atoms with E-state index in [-0.39, 0.29) is 11.4 Å². The van der Waals surface area contributed by atoms with Crippen molar-refractivity contribution in [3.63, 3.8) is 0 Å². The number of piperazine rings is 1. The third kappa shape index (κ3) is 2.86. The second-order valence-corrected chi connectivity index (χ2v) is 5.90. The van der Waals surface area contributed by atoms with Crippen molar-refractivity contribution in [3.8, 4) is 11.5 Å². The molecule has 0 atom stereocenters. The van der Waals surface area contributed by atoms with Gasteiger partial charge in [-0.25, -0.2) is 4.79 Å². The Balaban J connectivity index is 2.18. The van der Waals surface area contributed by atoms with Gasteiger partial charge in [0.25, 0.3) is 0 Å². The summed E-state index contributed by atoms with van der Waals surface area (Å²) in [5.74, 6) is 0.565. The summed E-state index contributed by atoms with van der Waals surface area (Å²) < 4.78 is 11.1. The first kappa shape index (κ1) is 15.7. The highest BCUT2D eigenvalue weighted by Gasteiger charge is 2.23. The van der Waals surface area contributed by atoms with E-state index < -0.39 is 0 Å². The van der Waals surface area contributed by atoms with Crippen molar-refractivity contribution in [1.82, 2.24) is 4.90 Å². The van der Waals surface area contributed by atoms with Crippen molar-refractivity contribution < 1.29 is 14.3 Å². The summed E-state index contributed by atoms with van der Waals surface area (Å²) in [6.45, 7) is 7.65. The molecule has 0 radical (unpaired) electrons. The maximum atomic E-state index is 12.5. The Morgan fingerprint density at radius 3 is 2.61 bits per heavy atom. The van der Waals surface area contributed by atoms with Crippen LogP contribution in [0.25, 0.3) is 11.0 Å². The quantitative estimate of drug-likeness (QED) is 0.873. The van der Waals surface area contributed by atoms with E-state index in [1.165, 1.54) is 6.07 Å². The highest BCUT2D eigenvalue weighted by Crippen LogP contribution is 2.35. The molecule has 0 saturated carbocycles. The molecule has 0 unspecified atom stereocenters. The zero-order valence-electron chi connectivity index (χ0n) is 13.8. The molecule has 1 fully saturated rings. The maximum Gasteiger partial charge on any atom is 0.360 e. The number of hydrogen-bond donors (Lipinski definition) is 1. The van der Waals surface area contributed by atoms with E-state index in [9.17, 15) is 9.90 Å². The van der Waals surface area contributed by atoms with E-state index in [0.717, 1.165) is 37.1 Å². The van der Waals surface area contributed by atoms with E-state index in [1.807, 2.05) is 13.8 Å². The van der Waals surface area contributed by atoms with Gasteiger partial charge in [0.1, 0.15) is 22.8 Å². The Labute approximate surface area is 134 Å². The van der Waals surface area contributed by atoms with Gasteiger partial charge in [0.15, 0.2) is 0 Å². The number of anilines is 1. The number of nitrogens with zero attached hydrogens (tertiary/aromatic N) is 2. The number of likely N-dealkylation sites (N-methyl/N-ethyl adjacent to an activating group) is 1. The summed E-state index contributed by atoms with van der Waals surface area (Å²) >= 11 is 0. The van der Waals surface area contributed by atoms with Crippen molar-refractivity contribution in [2.45, 2.75) is 13.8 Å². The third-order valence-corrected chi connectivity index (χ3v) is 4.30. The lowest BCUT2D eigenvalue weighted by atomic mass is 10.1. The predicted molar refractivity (Wildman–Crippen MR) is 89.8 cm³/mol. The largest absolute Gasteiger partial charge is 0.508 e. The molecule has 2 aromatic rings. The van der Waals surface area contributed by atoms with Gasteiger partial charge in [-0.1, -0.05) is 0 Å². The van der Waals surface area contributed by atoms with Gasteiger partial charge in [-0.3, -0.25) is 0 Å². The van der Waals surface area contributed by atoms with Gasteiger partial charge in [-0.15, -0.1) is 0 Å². The van der Waals surface area contributed by atoms with Crippen LogP contribution in [0.3, 0.4) is 0 Å². The fraction of sp³-hybridized carbons (Fsp3) is 0.471. The number of aromatic hydroxyl groups is 1. The summed E-state index contributed by atoms with van der Waals surface area (Å²) in [5, 5.41) is 10.6. The van der Waals surface area contributed by atoms with Gasteiger partial charge in [0, 0.05) is 38.3 Å². The standard InChI is InChI=1S/C17H22N2O4/c1-4-22-13-9-12(20)10-14-15(13)11(2)16(17(21)23-14)19-7-5-18(3)6-8-19/h9-10,20H,4-8H2,1-3H3. The maximum absolute atomic E-state index is 12.5. The lowest BCUT2D eigenvalue weighted by Gasteiger charge is -2.34. The molecule has 0 aliphatic carbocycles. The molecule has 1 aliphatic rings. The summed E-state index contributed by atoms with van der Waals surface area (Å²) in [6.07, 6.45) is 0. The lowest BCUT2D eigenvalue weighted by Crippen LogP contribution is -2.46. The normalized spacial score (nSPS) is 16.0. The Hall–Kier alpha value is -2.21. The van der Waals surface area contributed by atoms with Crippen LogP contribution in [0.15, 0.2) is 21.3 Å². The SMILES string of the molecule is CCOc1cc(O)cc2oc(=O)c(N3CCN(C)CC3)c(C)c12. The van der Waals surface area contributed by atoms with Crippen molar-refractivity contribution in [2.75, 3.05) is 44.7 Å². The van der Waals surface area contributed by atoms with Gasteiger partial charge in [0.2, 0.25) is 0 Å². The molecular formula is C17H22N2O4. The number of benzene rings is 1.